The molecule has 0 atom stereocenters. The Labute approximate surface area is 139 Å². The van der Waals surface area contributed by atoms with E-state index in [0.29, 0.717) is 23.1 Å². The molecule has 1 N–H and O–H groups in total. The molecule has 1 heterocycles. The highest BCUT2D eigenvalue weighted by Crippen LogP contribution is 2.24. The van der Waals surface area contributed by atoms with Crippen molar-refractivity contribution in [2.24, 2.45) is 0 Å². The van der Waals surface area contributed by atoms with Crippen LogP contribution in [0.1, 0.15) is 6.92 Å². The van der Waals surface area contributed by atoms with E-state index in [0.717, 1.165) is 10.9 Å². The standard InChI is InChI=1S/C18H17ClN2O2/c1-2-23-17-6-4-3-5-15(17)20-18(22)12-21-10-9-13-11-14(19)7-8-16(13)21/h3-11H,2,12H2,1H3,(H,20,22). The zero-order chi connectivity index (χ0) is 16.2. The zero-order valence-corrected chi connectivity index (χ0v) is 13.5. The summed E-state index contributed by atoms with van der Waals surface area (Å²) in [5, 5.41) is 4.60. The molecule has 1 amide bonds. The van der Waals surface area contributed by atoms with E-state index >= 15 is 0 Å². The summed E-state index contributed by atoms with van der Waals surface area (Å²) in [6.07, 6.45) is 1.88. The summed E-state index contributed by atoms with van der Waals surface area (Å²) in [5.74, 6) is 0.567. The summed E-state index contributed by atoms with van der Waals surface area (Å²) in [5.41, 5.74) is 1.65. The van der Waals surface area contributed by atoms with Gasteiger partial charge in [0.05, 0.1) is 12.3 Å². The number of carbonyl (C=O) groups is 1. The third-order valence-corrected chi connectivity index (χ3v) is 3.74. The third-order valence-electron chi connectivity index (χ3n) is 3.51. The van der Waals surface area contributed by atoms with E-state index in [-0.39, 0.29) is 12.5 Å². The number of hydrogen-bond donors (Lipinski definition) is 1. The first-order valence-electron chi connectivity index (χ1n) is 7.43. The number of para-hydroxylation sites is 2. The number of aromatic nitrogens is 1. The van der Waals surface area contributed by atoms with E-state index in [1.807, 2.05) is 66.2 Å². The summed E-state index contributed by atoms with van der Waals surface area (Å²) in [6.45, 7) is 2.69. The fraction of sp³-hybridized carbons (Fsp3) is 0.167. The number of carbonyl (C=O) groups excluding carboxylic acids is 1. The SMILES string of the molecule is CCOc1ccccc1NC(=O)Cn1ccc2cc(Cl)ccc21. The van der Waals surface area contributed by atoms with E-state index in [4.69, 9.17) is 16.3 Å². The molecule has 3 rings (SSSR count). The first-order valence-corrected chi connectivity index (χ1v) is 7.81. The summed E-state index contributed by atoms with van der Waals surface area (Å²) < 4.78 is 7.41. The topological polar surface area (TPSA) is 43.3 Å². The Morgan fingerprint density at radius 2 is 2.04 bits per heavy atom. The molecule has 0 unspecified atom stereocenters. The van der Waals surface area contributed by atoms with Gasteiger partial charge in [0, 0.05) is 22.1 Å². The van der Waals surface area contributed by atoms with Gasteiger partial charge in [0.1, 0.15) is 12.3 Å². The van der Waals surface area contributed by atoms with Crippen molar-refractivity contribution in [2.75, 3.05) is 11.9 Å². The highest BCUT2D eigenvalue weighted by atomic mass is 35.5. The molecular weight excluding hydrogens is 312 g/mol. The van der Waals surface area contributed by atoms with Crippen LogP contribution in [-0.2, 0) is 11.3 Å². The van der Waals surface area contributed by atoms with Crippen LogP contribution in [0.2, 0.25) is 5.02 Å². The lowest BCUT2D eigenvalue weighted by Gasteiger charge is -2.12. The Hall–Kier alpha value is -2.46. The normalized spacial score (nSPS) is 10.7. The second-order valence-electron chi connectivity index (χ2n) is 5.12. The molecule has 0 radical (unpaired) electrons. The van der Waals surface area contributed by atoms with Crippen molar-refractivity contribution >= 4 is 34.1 Å². The molecule has 23 heavy (non-hydrogen) atoms. The fourth-order valence-electron chi connectivity index (χ4n) is 2.50. The van der Waals surface area contributed by atoms with Crippen molar-refractivity contribution < 1.29 is 9.53 Å². The first kappa shape index (κ1) is 15.4. The minimum absolute atomic E-state index is 0.107. The van der Waals surface area contributed by atoms with E-state index in [9.17, 15) is 4.79 Å². The second kappa shape index (κ2) is 6.75. The number of amides is 1. The average Bonchev–Trinajstić information content (AvgIpc) is 2.91. The molecule has 0 aliphatic rings. The van der Waals surface area contributed by atoms with E-state index in [1.54, 1.807) is 0 Å². The van der Waals surface area contributed by atoms with Crippen LogP contribution in [0.3, 0.4) is 0 Å². The molecule has 5 heteroatoms. The largest absolute Gasteiger partial charge is 0.492 e. The van der Waals surface area contributed by atoms with Crippen LogP contribution >= 0.6 is 11.6 Å². The molecule has 4 nitrogen and oxygen atoms in total. The van der Waals surface area contributed by atoms with Gasteiger partial charge in [0.2, 0.25) is 5.91 Å². The molecule has 1 aromatic heterocycles. The quantitative estimate of drug-likeness (QED) is 0.757. The second-order valence-corrected chi connectivity index (χ2v) is 5.56. The molecule has 0 aliphatic heterocycles. The van der Waals surface area contributed by atoms with E-state index in [2.05, 4.69) is 5.32 Å². The highest BCUT2D eigenvalue weighted by molar-refractivity contribution is 6.31. The monoisotopic (exact) mass is 328 g/mol. The Bertz CT molecular complexity index is 842. The number of halogens is 1. The molecular formula is C18H17ClN2O2. The molecule has 2 aromatic carbocycles. The molecule has 0 fully saturated rings. The Kier molecular flexibility index (Phi) is 4.53. The smallest absolute Gasteiger partial charge is 0.244 e. The van der Waals surface area contributed by atoms with E-state index in [1.165, 1.54) is 0 Å². The lowest BCUT2D eigenvalue weighted by molar-refractivity contribution is -0.116. The average molecular weight is 329 g/mol. The van der Waals surface area contributed by atoms with Gasteiger partial charge in [-0.25, -0.2) is 0 Å². The van der Waals surface area contributed by atoms with Gasteiger partial charge in [-0.2, -0.15) is 0 Å². The fourth-order valence-corrected chi connectivity index (χ4v) is 2.69. The van der Waals surface area contributed by atoms with Crippen LogP contribution in [0.5, 0.6) is 5.75 Å². The van der Waals surface area contributed by atoms with Crippen LogP contribution in [0.4, 0.5) is 5.69 Å². The van der Waals surface area contributed by atoms with Gasteiger partial charge in [-0.1, -0.05) is 23.7 Å². The molecule has 0 aliphatic carbocycles. The van der Waals surface area contributed by atoms with Gasteiger partial charge in [0.25, 0.3) is 0 Å². The summed E-state index contributed by atoms with van der Waals surface area (Å²) in [6, 6.07) is 15.0. The Morgan fingerprint density at radius 3 is 2.87 bits per heavy atom. The van der Waals surface area contributed by atoms with Crippen LogP contribution < -0.4 is 10.1 Å². The predicted octanol–water partition coefficient (Wildman–Crippen LogP) is 4.33. The van der Waals surface area contributed by atoms with Crippen molar-refractivity contribution in [3.8, 4) is 5.75 Å². The van der Waals surface area contributed by atoms with Crippen molar-refractivity contribution in [3.63, 3.8) is 0 Å². The first-order chi connectivity index (χ1) is 11.2. The minimum atomic E-state index is -0.107. The van der Waals surface area contributed by atoms with Gasteiger partial charge < -0.3 is 14.6 Å². The number of fused-ring (bicyclic) bond motifs is 1. The van der Waals surface area contributed by atoms with E-state index < -0.39 is 0 Å². The maximum absolute atomic E-state index is 12.3. The van der Waals surface area contributed by atoms with Gasteiger partial charge in [-0.15, -0.1) is 0 Å². The van der Waals surface area contributed by atoms with Gasteiger partial charge >= 0.3 is 0 Å². The summed E-state index contributed by atoms with van der Waals surface area (Å²) in [7, 11) is 0. The number of nitrogens with zero attached hydrogens (tertiary/aromatic N) is 1. The summed E-state index contributed by atoms with van der Waals surface area (Å²) >= 11 is 5.99. The molecule has 3 aromatic rings. The maximum atomic E-state index is 12.3. The number of hydrogen-bond acceptors (Lipinski definition) is 2. The molecule has 0 spiro atoms. The van der Waals surface area contributed by atoms with Gasteiger partial charge in [-0.05, 0) is 43.3 Å². The van der Waals surface area contributed by atoms with Crippen molar-refractivity contribution in [2.45, 2.75) is 13.5 Å². The lowest BCUT2D eigenvalue weighted by Crippen LogP contribution is -2.18. The Morgan fingerprint density at radius 1 is 1.22 bits per heavy atom. The summed E-state index contributed by atoms with van der Waals surface area (Å²) in [4.78, 5) is 12.3. The number of ether oxygens (including phenoxy) is 1. The molecule has 118 valence electrons. The van der Waals surface area contributed by atoms with Crippen LogP contribution in [0.25, 0.3) is 10.9 Å². The van der Waals surface area contributed by atoms with Crippen LogP contribution in [-0.4, -0.2) is 17.1 Å². The maximum Gasteiger partial charge on any atom is 0.244 e. The van der Waals surface area contributed by atoms with Gasteiger partial charge in [-0.3, -0.25) is 4.79 Å². The van der Waals surface area contributed by atoms with Gasteiger partial charge in [0.15, 0.2) is 0 Å². The molecule has 0 saturated heterocycles. The molecule has 0 saturated carbocycles. The third kappa shape index (κ3) is 3.48. The van der Waals surface area contributed by atoms with Crippen molar-refractivity contribution in [3.05, 3.63) is 59.8 Å². The van der Waals surface area contributed by atoms with Crippen LogP contribution in [0.15, 0.2) is 54.7 Å². The lowest BCUT2D eigenvalue weighted by atomic mass is 10.2. The Balaban J connectivity index is 1.76. The number of nitrogens with one attached hydrogen (secondary N) is 1. The van der Waals surface area contributed by atoms with Crippen molar-refractivity contribution in [1.82, 2.24) is 4.57 Å². The minimum Gasteiger partial charge on any atom is -0.492 e. The molecule has 0 bridgehead atoms. The number of rotatable bonds is 5. The van der Waals surface area contributed by atoms with Crippen molar-refractivity contribution in [1.29, 1.82) is 0 Å². The number of benzene rings is 2. The van der Waals surface area contributed by atoms with Crippen LogP contribution in [0, 0.1) is 0 Å². The predicted molar refractivity (Wildman–Crippen MR) is 93.2 cm³/mol. The number of anilines is 1. The zero-order valence-electron chi connectivity index (χ0n) is 12.8. The highest BCUT2D eigenvalue weighted by Gasteiger charge is 2.09.